The molecule has 0 saturated carbocycles. The van der Waals surface area contributed by atoms with Crippen LogP contribution in [0.3, 0.4) is 0 Å². The number of anilines is 1. The summed E-state index contributed by atoms with van der Waals surface area (Å²) in [5.74, 6) is 0. The number of aliphatic hydroxyl groups excluding tert-OH is 1. The minimum Gasteiger partial charge on any atom is -0.393 e. The molecule has 1 saturated heterocycles. The smallest absolute Gasteiger partial charge is 0.322 e. The minimum atomic E-state index is -0.451. The summed E-state index contributed by atoms with van der Waals surface area (Å²) in [7, 11) is 0. The lowest BCUT2D eigenvalue weighted by Gasteiger charge is -2.36. The Labute approximate surface area is 138 Å². The first kappa shape index (κ1) is 17.8. The Bertz CT molecular complexity index is 531. The van der Waals surface area contributed by atoms with Crippen molar-refractivity contribution >= 4 is 11.7 Å². The van der Waals surface area contributed by atoms with Crippen LogP contribution in [0.15, 0.2) is 18.2 Å². The summed E-state index contributed by atoms with van der Waals surface area (Å²) in [6.45, 7) is 7.58. The van der Waals surface area contributed by atoms with Gasteiger partial charge < -0.3 is 20.1 Å². The number of hydrogen-bond acceptors (Lipinski definition) is 3. The summed E-state index contributed by atoms with van der Waals surface area (Å²) in [6.07, 6.45) is 2.03. The van der Waals surface area contributed by atoms with Gasteiger partial charge in [0.25, 0.3) is 0 Å². The average Bonchev–Trinajstić information content (AvgIpc) is 2.54. The molecule has 0 spiro atoms. The summed E-state index contributed by atoms with van der Waals surface area (Å²) in [4.78, 5) is 14.4. The number of carbonyl (C=O) groups excluding carboxylic acids is 1. The second-order valence-electron chi connectivity index (χ2n) is 6.13. The third-order valence-corrected chi connectivity index (χ3v) is 4.32. The van der Waals surface area contributed by atoms with Crippen molar-refractivity contribution in [1.82, 2.24) is 4.90 Å². The number of ether oxygens (including phenoxy) is 1. The highest BCUT2D eigenvalue weighted by molar-refractivity contribution is 5.89. The van der Waals surface area contributed by atoms with Crippen molar-refractivity contribution in [2.24, 2.45) is 0 Å². The fraction of sp³-hybridized carbons (Fsp3) is 0.611. The van der Waals surface area contributed by atoms with E-state index in [0.717, 1.165) is 18.5 Å². The largest absolute Gasteiger partial charge is 0.393 e. The van der Waals surface area contributed by atoms with Gasteiger partial charge in [0.1, 0.15) is 0 Å². The normalized spacial score (nSPS) is 19.5. The third kappa shape index (κ3) is 4.69. The number of benzene rings is 1. The van der Waals surface area contributed by atoms with E-state index in [1.54, 1.807) is 11.8 Å². The van der Waals surface area contributed by atoms with E-state index in [2.05, 4.69) is 31.3 Å². The first-order chi connectivity index (χ1) is 11.0. The van der Waals surface area contributed by atoms with Crippen LogP contribution in [-0.2, 0) is 17.6 Å². The van der Waals surface area contributed by atoms with Crippen molar-refractivity contribution in [2.75, 3.05) is 25.1 Å². The number of aryl methyl sites for hydroxylation is 2. The SMILES string of the molecule is CCc1ccc(NC(=O)N2CCOC[C@@H]2C[C@@H](C)O)cc1CC. The van der Waals surface area contributed by atoms with Crippen molar-refractivity contribution < 1.29 is 14.6 Å². The first-order valence-electron chi connectivity index (χ1n) is 8.50. The maximum absolute atomic E-state index is 12.6. The van der Waals surface area contributed by atoms with Crippen LogP contribution in [0, 0.1) is 0 Å². The Kier molecular flexibility index (Phi) is 6.42. The monoisotopic (exact) mass is 320 g/mol. The molecule has 1 fully saturated rings. The molecule has 1 aliphatic rings. The molecule has 0 radical (unpaired) electrons. The number of nitrogens with zero attached hydrogens (tertiary/aromatic N) is 1. The van der Waals surface area contributed by atoms with Crippen LogP contribution >= 0.6 is 0 Å². The van der Waals surface area contributed by atoms with Gasteiger partial charge in [-0.2, -0.15) is 0 Å². The Balaban J connectivity index is 2.07. The van der Waals surface area contributed by atoms with Gasteiger partial charge in [-0.25, -0.2) is 4.79 Å². The number of nitrogens with one attached hydrogen (secondary N) is 1. The zero-order chi connectivity index (χ0) is 16.8. The molecule has 2 atom stereocenters. The molecule has 1 aromatic carbocycles. The van der Waals surface area contributed by atoms with E-state index in [1.807, 2.05) is 6.07 Å². The number of carbonyl (C=O) groups is 1. The highest BCUT2D eigenvalue weighted by Gasteiger charge is 2.28. The molecule has 5 heteroatoms. The second kappa shape index (κ2) is 8.31. The summed E-state index contributed by atoms with van der Waals surface area (Å²) >= 11 is 0. The molecule has 1 aliphatic heterocycles. The van der Waals surface area contributed by atoms with E-state index in [1.165, 1.54) is 11.1 Å². The zero-order valence-electron chi connectivity index (χ0n) is 14.3. The first-order valence-corrected chi connectivity index (χ1v) is 8.50. The van der Waals surface area contributed by atoms with E-state index in [4.69, 9.17) is 4.74 Å². The molecule has 0 aliphatic carbocycles. The Morgan fingerprint density at radius 1 is 1.39 bits per heavy atom. The Hall–Kier alpha value is -1.59. The molecule has 0 aromatic heterocycles. The van der Waals surface area contributed by atoms with Gasteiger partial charge in [-0.15, -0.1) is 0 Å². The van der Waals surface area contributed by atoms with E-state index in [-0.39, 0.29) is 12.1 Å². The Morgan fingerprint density at radius 2 is 2.13 bits per heavy atom. The van der Waals surface area contributed by atoms with Crippen LogP contribution in [0.5, 0.6) is 0 Å². The number of hydrogen-bond donors (Lipinski definition) is 2. The molecule has 2 rings (SSSR count). The zero-order valence-corrected chi connectivity index (χ0v) is 14.3. The minimum absolute atomic E-state index is 0.0793. The topological polar surface area (TPSA) is 61.8 Å². The molecule has 2 N–H and O–H groups in total. The number of urea groups is 1. The standard InChI is InChI=1S/C18H28N2O3/c1-4-14-6-7-16(11-15(14)5-2)19-18(22)20-8-9-23-12-17(20)10-13(3)21/h6-7,11,13,17,21H,4-5,8-10,12H2,1-3H3,(H,19,22)/t13-,17+/m1/s1. The van der Waals surface area contributed by atoms with Gasteiger partial charge in [0.15, 0.2) is 0 Å². The fourth-order valence-corrected chi connectivity index (χ4v) is 3.08. The number of rotatable bonds is 5. The highest BCUT2D eigenvalue weighted by atomic mass is 16.5. The predicted octanol–water partition coefficient (Wildman–Crippen LogP) is 2.82. The predicted molar refractivity (Wildman–Crippen MR) is 91.8 cm³/mol. The van der Waals surface area contributed by atoms with Crippen LogP contribution in [0.1, 0.15) is 38.3 Å². The second-order valence-corrected chi connectivity index (χ2v) is 6.13. The van der Waals surface area contributed by atoms with Gasteiger partial charge in [-0.05, 0) is 49.4 Å². The summed E-state index contributed by atoms with van der Waals surface area (Å²) in [6, 6.07) is 5.90. The van der Waals surface area contributed by atoms with Crippen molar-refractivity contribution in [3.8, 4) is 0 Å². The fourth-order valence-electron chi connectivity index (χ4n) is 3.08. The number of aliphatic hydroxyl groups is 1. The molecule has 128 valence electrons. The maximum atomic E-state index is 12.6. The van der Waals surface area contributed by atoms with E-state index >= 15 is 0 Å². The van der Waals surface area contributed by atoms with E-state index in [9.17, 15) is 9.90 Å². The molecular formula is C18H28N2O3. The highest BCUT2D eigenvalue weighted by Crippen LogP contribution is 2.19. The molecule has 0 bridgehead atoms. The molecule has 23 heavy (non-hydrogen) atoms. The molecular weight excluding hydrogens is 292 g/mol. The Morgan fingerprint density at radius 3 is 2.78 bits per heavy atom. The van der Waals surface area contributed by atoms with Gasteiger partial charge in [-0.3, -0.25) is 0 Å². The van der Waals surface area contributed by atoms with E-state index < -0.39 is 6.10 Å². The van der Waals surface area contributed by atoms with Gasteiger partial charge in [0.05, 0.1) is 25.4 Å². The van der Waals surface area contributed by atoms with Gasteiger partial charge in [0, 0.05) is 12.2 Å². The summed E-state index contributed by atoms with van der Waals surface area (Å²) in [5, 5.41) is 12.6. The molecule has 2 amide bonds. The molecule has 1 heterocycles. The van der Waals surface area contributed by atoms with E-state index in [0.29, 0.717) is 26.2 Å². The van der Waals surface area contributed by atoms with Crippen molar-refractivity contribution in [2.45, 2.75) is 52.2 Å². The van der Waals surface area contributed by atoms with Crippen molar-refractivity contribution in [3.05, 3.63) is 29.3 Å². The lowest BCUT2D eigenvalue weighted by Crippen LogP contribution is -2.51. The molecule has 5 nitrogen and oxygen atoms in total. The van der Waals surface area contributed by atoms with Gasteiger partial charge >= 0.3 is 6.03 Å². The maximum Gasteiger partial charge on any atom is 0.322 e. The summed E-state index contributed by atoms with van der Waals surface area (Å²) in [5.41, 5.74) is 3.42. The summed E-state index contributed by atoms with van der Waals surface area (Å²) < 4.78 is 5.45. The van der Waals surface area contributed by atoms with Crippen LogP contribution in [0.25, 0.3) is 0 Å². The van der Waals surface area contributed by atoms with Crippen LogP contribution < -0.4 is 5.32 Å². The van der Waals surface area contributed by atoms with Crippen LogP contribution in [0.4, 0.5) is 10.5 Å². The number of morpholine rings is 1. The molecule has 1 aromatic rings. The average molecular weight is 320 g/mol. The van der Waals surface area contributed by atoms with Crippen LogP contribution in [-0.4, -0.2) is 47.9 Å². The number of amides is 2. The molecule has 0 unspecified atom stereocenters. The van der Waals surface area contributed by atoms with Gasteiger partial charge in [0.2, 0.25) is 0 Å². The van der Waals surface area contributed by atoms with Gasteiger partial charge in [-0.1, -0.05) is 19.9 Å². The van der Waals surface area contributed by atoms with Crippen molar-refractivity contribution in [3.63, 3.8) is 0 Å². The van der Waals surface area contributed by atoms with Crippen molar-refractivity contribution in [1.29, 1.82) is 0 Å². The quantitative estimate of drug-likeness (QED) is 0.877. The van der Waals surface area contributed by atoms with Crippen LogP contribution in [0.2, 0.25) is 0 Å². The lowest BCUT2D eigenvalue weighted by atomic mass is 10.0. The third-order valence-electron chi connectivity index (χ3n) is 4.32. The lowest BCUT2D eigenvalue weighted by molar-refractivity contribution is -0.00160.